The zero-order chi connectivity index (χ0) is 26.3. The zero-order valence-corrected chi connectivity index (χ0v) is 21.1. The van der Waals surface area contributed by atoms with Crippen LogP contribution in [0.25, 0.3) is 22.8 Å². The van der Waals surface area contributed by atoms with Gasteiger partial charge in [-0.15, -0.1) is 0 Å². The number of benzene rings is 1. The highest BCUT2D eigenvalue weighted by molar-refractivity contribution is 6.32. The molecule has 0 saturated heterocycles. The minimum atomic E-state index is -4.49. The van der Waals surface area contributed by atoms with Gasteiger partial charge >= 0.3 is 6.18 Å². The van der Waals surface area contributed by atoms with Gasteiger partial charge in [-0.1, -0.05) is 11.6 Å². The number of fused-ring (bicyclic) bond motifs is 1. The summed E-state index contributed by atoms with van der Waals surface area (Å²) in [5, 5.41) is 12.9. The predicted molar refractivity (Wildman–Crippen MR) is 133 cm³/mol. The van der Waals surface area contributed by atoms with Crippen LogP contribution in [0.5, 0.6) is 0 Å². The van der Waals surface area contributed by atoms with E-state index in [1.807, 2.05) is 22.9 Å². The van der Waals surface area contributed by atoms with Crippen LogP contribution in [0.3, 0.4) is 0 Å². The lowest BCUT2D eigenvalue weighted by molar-refractivity contribution is -0.140. The summed E-state index contributed by atoms with van der Waals surface area (Å²) < 4.78 is 57.8. The van der Waals surface area contributed by atoms with Crippen molar-refractivity contribution in [3.8, 4) is 22.8 Å². The van der Waals surface area contributed by atoms with Crippen molar-refractivity contribution in [3.05, 3.63) is 59.1 Å². The average molecular weight is 536 g/mol. The molecule has 0 spiro atoms. The van der Waals surface area contributed by atoms with Crippen molar-refractivity contribution in [1.82, 2.24) is 29.1 Å². The first kappa shape index (κ1) is 25.3. The third-order valence-electron chi connectivity index (χ3n) is 6.56. The molecule has 7 nitrogen and oxygen atoms in total. The Morgan fingerprint density at radius 2 is 1.97 bits per heavy atom. The van der Waals surface area contributed by atoms with Crippen LogP contribution >= 0.6 is 11.6 Å². The number of halogens is 5. The lowest BCUT2D eigenvalue weighted by Crippen LogP contribution is -2.21. The van der Waals surface area contributed by atoms with Crippen molar-refractivity contribution < 1.29 is 17.6 Å². The molecule has 1 aliphatic heterocycles. The molecule has 1 aromatic carbocycles. The van der Waals surface area contributed by atoms with Gasteiger partial charge in [0.2, 0.25) is 0 Å². The number of nitrogens with one attached hydrogen (secondary N) is 1. The van der Waals surface area contributed by atoms with E-state index >= 15 is 0 Å². The highest BCUT2D eigenvalue weighted by atomic mass is 35.5. The van der Waals surface area contributed by atoms with Gasteiger partial charge < -0.3 is 9.88 Å². The maximum Gasteiger partial charge on any atom is 0.434 e. The van der Waals surface area contributed by atoms with Crippen molar-refractivity contribution in [1.29, 1.82) is 0 Å². The first-order valence-electron chi connectivity index (χ1n) is 12.1. The largest absolute Gasteiger partial charge is 0.434 e. The molecule has 3 aromatic heterocycles. The Morgan fingerprint density at radius 3 is 2.65 bits per heavy atom. The van der Waals surface area contributed by atoms with E-state index in [1.54, 1.807) is 30.7 Å². The van der Waals surface area contributed by atoms with E-state index in [2.05, 4.69) is 15.4 Å². The number of aromatic nitrogens is 6. The van der Waals surface area contributed by atoms with Gasteiger partial charge in [0.15, 0.2) is 5.69 Å². The SMILES string of the molecule is CCn1cc(C(F)(F)F)nc1-c1ccc(N[C@@H]2CCCn3nc(-c4c(Cl)cnn4[C@@H](C)CF)cc32)cc1. The summed E-state index contributed by atoms with van der Waals surface area (Å²) in [6, 6.07) is 8.64. The number of aryl methyl sites for hydroxylation is 2. The number of rotatable bonds is 7. The number of hydrogen-bond donors (Lipinski definition) is 1. The van der Waals surface area contributed by atoms with Crippen molar-refractivity contribution in [3.63, 3.8) is 0 Å². The molecule has 1 N–H and O–H groups in total. The third-order valence-corrected chi connectivity index (χ3v) is 6.83. The van der Waals surface area contributed by atoms with E-state index in [0.29, 0.717) is 28.5 Å². The molecule has 4 heterocycles. The summed E-state index contributed by atoms with van der Waals surface area (Å²) in [5.74, 6) is 0.276. The Balaban J connectivity index is 1.39. The van der Waals surface area contributed by atoms with Gasteiger partial charge in [-0.3, -0.25) is 9.36 Å². The summed E-state index contributed by atoms with van der Waals surface area (Å²) >= 11 is 6.38. The molecule has 0 unspecified atom stereocenters. The number of anilines is 1. The number of imidazole rings is 1. The molecular formula is C25H26ClF4N7. The number of nitrogens with zero attached hydrogens (tertiary/aromatic N) is 6. The molecular weight excluding hydrogens is 510 g/mol. The average Bonchev–Trinajstić information content (AvgIpc) is 3.60. The summed E-state index contributed by atoms with van der Waals surface area (Å²) in [6.45, 7) is 4.06. The lowest BCUT2D eigenvalue weighted by atomic mass is 10.0. The van der Waals surface area contributed by atoms with Gasteiger partial charge in [0, 0.05) is 30.5 Å². The minimum Gasteiger partial charge on any atom is -0.377 e. The fourth-order valence-electron chi connectivity index (χ4n) is 4.67. The van der Waals surface area contributed by atoms with Gasteiger partial charge in [-0.05, 0) is 57.0 Å². The smallest absolute Gasteiger partial charge is 0.377 e. The second-order valence-electron chi connectivity index (χ2n) is 9.12. The fraction of sp³-hybridized carbons (Fsp3) is 0.400. The quantitative estimate of drug-likeness (QED) is 0.265. The first-order chi connectivity index (χ1) is 17.7. The van der Waals surface area contributed by atoms with Crippen LogP contribution in [-0.4, -0.2) is 35.8 Å². The molecule has 1 aliphatic rings. The third kappa shape index (κ3) is 4.84. The highest BCUT2D eigenvalue weighted by Gasteiger charge is 2.35. The van der Waals surface area contributed by atoms with E-state index < -0.39 is 24.6 Å². The van der Waals surface area contributed by atoms with E-state index in [1.165, 1.54) is 10.8 Å². The van der Waals surface area contributed by atoms with Gasteiger partial charge in [0.05, 0.1) is 29.0 Å². The fourth-order valence-corrected chi connectivity index (χ4v) is 4.89. The normalized spacial score (nSPS) is 16.6. The second kappa shape index (κ2) is 9.85. The van der Waals surface area contributed by atoms with Crippen LogP contribution in [0.15, 0.2) is 42.7 Å². The molecule has 0 bridgehead atoms. The molecule has 5 rings (SSSR count). The van der Waals surface area contributed by atoms with Crippen molar-refractivity contribution in [2.45, 2.75) is 58.0 Å². The Kier molecular flexibility index (Phi) is 6.74. The maximum atomic E-state index is 13.3. The van der Waals surface area contributed by atoms with Gasteiger partial charge in [0.1, 0.15) is 23.9 Å². The predicted octanol–water partition coefficient (Wildman–Crippen LogP) is 6.78. The van der Waals surface area contributed by atoms with Crippen LogP contribution in [0.4, 0.5) is 23.2 Å². The molecule has 0 fully saturated rings. The van der Waals surface area contributed by atoms with Crippen molar-refractivity contribution in [2.24, 2.45) is 0 Å². The second-order valence-corrected chi connectivity index (χ2v) is 9.52. The van der Waals surface area contributed by atoms with Crippen molar-refractivity contribution in [2.75, 3.05) is 12.0 Å². The van der Waals surface area contributed by atoms with Crippen LogP contribution in [0, 0.1) is 0 Å². The molecule has 12 heteroatoms. The number of hydrogen-bond acceptors (Lipinski definition) is 4. The molecule has 196 valence electrons. The molecule has 4 aromatic rings. The molecule has 0 saturated carbocycles. The number of alkyl halides is 4. The molecule has 0 aliphatic carbocycles. The molecule has 0 radical (unpaired) electrons. The highest BCUT2D eigenvalue weighted by Crippen LogP contribution is 2.36. The Labute approximate surface area is 216 Å². The standard InChI is InChI=1S/C25H26ClF4N7/c1-3-35-14-22(25(28,29)30)33-24(35)16-6-8-17(9-7-16)32-19-5-4-10-36-21(19)11-20(34-36)23-18(26)13-31-37(23)15(2)12-27/h6-9,11,13-15,19,32H,3-5,10,12H2,1-2H3/t15-,19+/m0/s1. The minimum absolute atomic E-state index is 0.0379. The summed E-state index contributed by atoms with van der Waals surface area (Å²) in [6.07, 6.45) is -0.178. The molecule has 0 amide bonds. The molecule has 37 heavy (non-hydrogen) atoms. The van der Waals surface area contributed by atoms with E-state index in [-0.39, 0.29) is 11.9 Å². The van der Waals surface area contributed by atoms with E-state index in [0.717, 1.165) is 37.0 Å². The lowest BCUT2D eigenvalue weighted by Gasteiger charge is -2.25. The summed E-state index contributed by atoms with van der Waals surface area (Å²) in [5.41, 5.74) is 2.71. The Morgan fingerprint density at radius 1 is 1.22 bits per heavy atom. The Hall–Kier alpha value is -3.34. The summed E-state index contributed by atoms with van der Waals surface area (Å²) in [7, 11) is 0. The Bertz CT molecular complexity index is 1390. The van der Waals surface area contributed by atoms with Gasteiger partial charge in [0.25, 0.3) is 0 Å². The first-order valence-corrected chi connectivity index (χ1v) is 12.5. The van der Waals surface area contributed by atoms with E-state index in [9.17, 15) is 17.6 Å². The van der Waals surface area contributed by atoms with E-state index in [4.69, 9.17) is 16.7 Å². The van der Waals surface area contributed by atoms with Crippen LogP contribution in [0.2, 0.25) is 5.02 Å². The molecule has 2 atom stereocenters. The van der Waals surface area contributed by atoms with Crippen LogP contribution in [-0.2, 0) is 19.3 Å². The van der Waals surface area contributed by atoms with Gasteiger partial charge in [-0.2, -0.15) is 23.4 Å². The summed E-state index contributed by atoms with van der Waals surface area (Å²) in [4.78, 5) is 3.82. The maximum absolute atomic E-state index is 13.3. The van der Waals surface area contributed by atoms with Crippen molar-refractivity contribution >= 4 is 17.3 Å². The monoisotopic (exact) mass is 535 g/mol. The zero-order valence-electron chi connectivity index (χ0n) is 20.3. The topological polar surface area (TPSA) is 65.5 Å². The van der Waals surface area contributed by atoms with Crippen LogP contribution < -0.4 is 5.32 Å². The van der Waals surface area contributed by atoms with Gasteiger partial charge in [-0.25, -0.2) is 9.37 Å². The van der Waals surface area contributed by atoms with Crippen LogP contribution in [0.1, 0.15) is 50.2 Å².